The number of furan rings is 1. The number of benzene rings is 2. The predicted molar refractivity (Wildman–Crippen MR) is 108 cm³/mol. The molecule has 0 fully saturated rings. The van der Waals surface area contributed by atoms with Gasteiger partial charge in [-0.25, -0.2) is 4.79 Å². The third-order valence-corrected chi connectivity index (χ3v) is 4.26. The summed E-state index contributed by atoms with van der Waals surface area (Å²) in [6.07, 6.45) is -4.33. The van der Waals surface area contributed by atoms with Crippen LogP contribution in [-0.2, 0) is 15.7 Å². The van der Waals surface area contributed by atoms with E-state index < -0.39 is 35.6 Å². The largest absolute Gasteiger partial charge is 0.459 e. The zero-order chi connectivity index (χ0) is 23.3. The molecule has 0 radical (unpaired) electrons. The third kappa shape index (κ3) is 5.75. The van der Waals surface area contributed by atoms with Crippen molar-refractivity contribution in [2.75, 3.05) is 10.6 Å². The first kappa shape index (κ1) is 22.6. The van der Waals surface area contributed by atoms with Crippen LogP contribution in [0.2, 0.25) is 0 Å². The quantitative estimate of drug-likeness (QED) is 0.534. The van der Waals surface area contributed by atoms with Crippen molar-refractivity contribution in [2.45, 2.75) is 19.2 Å². The number of nitrogens with one attached hydrogen (secondary N) is 2. The van der Waals surface area contributed by atoms with Crippen LogP contribution in [0.15, 0.2) is 71.3 Å². The summed E-state index contributed by atoms with van der Waals surface area (Å²) in [5.74, 6) is -1.83. The smallest absolute Gasteiger partial charge is 0.416 e. The van der Waals surface area contributed by atoms with Gasteiger partial charge in [-0.15, -0.1) is 0 Å². The van der Waals surface area contributed by atoms with Crippen LogP contribution in [0.3, 0.4) is 0 Å². The molecular weight excluding hydrogens is 429 g/mol. The first-order valence-corrected chi connectivity index (χ1v) is 9.27. The fourth-order valence-corrected chi connectivity index (χ4v) is 2.56. The fraction of sp³-hybridized carbons (Fsp3) is 0.136. The number of hydrogen-bond donors (Lipinski definition) is 2. The Balaban J connectivity index is 1.54. The molecule has 0 aliphatic carbocycles. The third-order valence-electron chi connectivity index (χ3n) is 4.26. The molecule has 7 nitrogen and oxygen atoms in total. The summed E-state index contributed by atoms with van der Waals surface area (Å²) >= 11 is 0. The maximum absolute atomic E-state index is 12.6. The van der Waals surface area contributed by atoms with Gasteiger partial charge in [0.25, 0.3) is 11.8 Å². The molecule has 1 aromatic heterocycles. The number of alkyl halides is 3. The summed E-state index contributed by atoms with van der Waals surface area (Å²) in [7, 11) is 0. The van der Waals surface area contributed by atoms with Crippen molar-refractivity contribution < 1.29 is 36.7 Å². The molecule has 1 heterocycles. The first-order chi connectivity index (χ1) is 15.1. The number of amides is 2. The molecule has 0 aliphatic rings. The lowest BCUT2D eigenvalue weighted by Crippen LogP contribution is -2.30. The first-order valence-electron chi connectivity index (χ1n) is 9.27. The van der Waals surface area contributed by atoms with Crippen LogP contribution < -0.4 is 10.6 Å². The van der Waals surface area contributed by atoms with Crippen LogP contribution in [0.4, 0.5) is 24.5 Å². The number of esters is 1. The van der Waals surface area contributed by atoms with E-state index in [0.717, 1.165) is 24.3 Å². The fourth-order valence-electron chi connectivity index (χ4n) is 2.56. The second kappa shape index (κ2) is 9.38. The van der Waals surface area contributed by atoms with Crippen LogP contribution in [0.25, 0.3) is 0 Å². The van der Waals surface area contributed by atoms with Crippen molar-refractivity contribution in [1.82, 2.24) is 0 Å². The highest BCUT2D eigenvalue weighted by molar-refractivity contribution is 6.02. The zero-order valence-corrected chi connectivity index (χ0v) is 16.6. The second-order valence-corrected chi connectivity index (χ2v) is 6.62. The van der Waals surface area contributed by atoms with Crippen molar-refractivity contribution in [3.8, 4) is 0 Å². The number of carbonyl (C=O) groups excluding carboxylic acids is 3. The van der Waals surface area contributed by atoms with E-state index in [9.17, 15) is 27.6 Å². The lowest BCUT2D eigenvalue weighted by Gasteiger charge is -2.14. The Morgan fingerprint density at radius 3 is 2.06 bits per heavy atom. The highest BCUT2D eigenvalue weighted by atomic mass is 19.4. The van der Waals surface area contributed by atoms with Crippen LogP contribution in [-0.4, -0.2) is 23.9 Å². The summed E-state index contributed by atoms with van der Waals surface area (Å²) in [5, 5.41) is 4.97. The highest BCUT2D eigenvalue weighted by Crippen LogP contribution is 2.29. The van der Waals surface area contributed by atoms with Gasteiger partial charge in [-0.1, -0.05) is 0 Å². The maximum Gasteiger partial charge on any atom is 0.416 e. The summed E-state index contributed by atoms with van der Waals surface area (Å²) in [6, 6.07) is 12.7. The van der Waals surface area contributed by atoms with Crippen molar-refractivity contribution in [2.24, 2.45) is 0 Å². The van der Waals surface area contributed by atoms with Gasteiger partial charge in [-0.05, 0) is 67.6 Å². The predicted octanol–water partition coefficient (Wildman–Crippen LogP) is 4.73. The maximum atomic E-state index is 12.6. The normalized spacial score (nSPS) is 12.0. The van der Waals surface area contributed by atoms with Gasteiger partial charge in [0, 0.05) is 11.4 Å². The summed E-state index contributed by atoms with van der Waals surface area (Å²) < 4.78 is 47.9. The average Bonchev–Trinajstić information content (AvgIpc) is 3.29. The van der Waals surface area contributed by atoms with Gasteiger partial charge < -0.3 is 19.8 Å². The minimum absolute atomic E-state index is 0.126. The molecule has 1 atom stereocenters. The van der Waals surface area contributed by atoms with E-state index in [1.165, 1.54) is 43.5 Å². The number of anilines is 2. The number of rotatable bonds is 6. The van der Waals surface area contributed by atoms with Crippen molar-refractivity contribution in [3.63, 3.8) is 0 Å². The molecule has 2 amide bonds. The molecule has 0 saturated carbocycles. The van der Waals surface area contributed by atoms with E-state index in [-0.39, 0.29) is 17.0 Å². The van der Waals surface area contributed by atoms with Crippen molar-refractivity contribution in [1.29, 1.82) is 0 Å². The average molecular weight is 446 g/mol. The van der Waals surface area contributed by atoms with E-state index in [4.69, 9.17) is 9.15 Å². The molecule has 166 valence electrons. The van der Waals surface area contributed by atoms with Gasteiger partial charge in [0.05, 0.1) is 17.4 Å². The highest BCUT2D eigenvalue weighted by Gasteiger charge is 2.30. The van der Waals surface area contributed by atoms with Gasteiger partial charge in [-0.3, -0.25) is 9.59 Å². The van der Waals surface area contributed by atoms with Gasteiger partial charge >= 0.3 is 12.1 Å². The molecule has 0 spiro atoms. The van der Waals surface area contributed by atoms with Crippen molar-refractivity contribution >= 4 is 29.2 Å². The monoisotopic (exact) mass is 446 g/mol. The molecule has 2 aromatic carbocycles. The van der Waals surface area contributed by atoms with Gasteiger partial charge in [-0.2, -0.15) is 13.2 Å². The molecule has 0 aliphatic heterocycles. The Bertz CT molecular complexity index is 1090. The van der Waals surface area contributed by atoms with Gasteiger partial charge in [0.2, 0.25) is 0 Å². The summed E-state index contributed by atoms with van der Waals surface area (Å²) in [4.78, 5) is 36.4. The molecule has 3 rings (SSSR count). The lowest BCUT2D eigenvalue weighted by molar-refractivity contribution is -0.137. The lowest BCUT2D eigenvalue weighted by atomic mass is 10.2. The topological polar surface area (TPSA) is 97.6 Å². The zero-order valence-electron chi connectivity index (χ0n) is 16.6. The van der Waals surface area contributed by atoms with E-state index >= 15 is 0 Å². The van der Waals surface area contributed by atoms with Gasteiger partial charge in [0.15, 0.2) is 11.9 Å². The van der Waals surface area contributed by atoms with Crippen LogP contribution in [0.5, 0.6) is 0 Å². The molecule has 3 aromatic rings. The Morgan fingerprint density at radius 2 is 1.50 bits per heavy atom. The van der Waals surface area contributed by atoms with Crippen LogP contribution in [0, 0.1) is 0 Å². The van der Waals surface area contributed by atoms with E-state index in [2.05, 4.69) is 10.6 Å². The number of carbonyl (C=O) groups is 3. The second-order valence-electron chi connectivity index (χ2n) is 6.62. The number of ether oxygens (including phenoxy) is 1. The molecule has 0 bridgehead atoms. The Morgan fingerprint density at radius 1 is 0.906 bits per heavy atom. The Kier molecular flexibility index (Phi) is 6.62. The number of halogens is 3. The Labute approximate surface area is 180 Å². The molecule has 10 heteroatoms. The van der Waals surface area contributed by atoms with E-state index in [1.54, 1.807) is 6.07 Å². The van der Waals surface area contributed by atoms with Gasteiger partial charge in [0.1, 0.15) is 0 Å². The molecule has 32 heavy (non-hydrogen) atoms. The minimum atomic E-state index is -4.48. The van der Waals surface area contributed by atoms with E-state index in [1.807, 2.05) is 0 Å². The SMILES string of the molecule is CC(OC(=O)c1ccc(NC(=O)c2ccco2)cc1)C(=O)Nc1ccc(C(F)(F)F)cc1. The van der Waals surface area contributed by atoms with E-state index in [0.29, 0.717) is 5.69 Å². The standard InChI is InChI=1S/C22H17F3N2O5/c1-13(19(28)26-17-10-6-15(7-11-17)22(23,24)25)32-21(30)14-4-8-16(9-5-14)27-20(29)18-3-2-12-31-18/h2-13H,1H3,(H,26,28)(H,27,29). The minimum Gasteiger partial charge on any atom is -0.459 e. The van der Waals surface area contributed by atoms with Crippen LogP contribution in [0.1, 0.15) is 33.4 Å². The molecule has 1 unspecified atom stereocenters. The number of hydrogen-bond acceptors (Lipinski definition) is 5. The summed E-state index contributed by atoms with van der Waals surface area (Å²) in [5.41, 5.74) is -0.174. The molecular formula is C22H17F3N2O5. The molecule has 0 saturated heterocycles. The molecule has 2 N–H and O–H groups in total. The van der Waals surface area contributed by atoms with Crippen LogP contribution >= 0.6 is 0 Å². The van der Waals surface area contributed by atoms with Crippen molar-refractivity contribution in [3.05, 3.63) is 83.8 Å². The summed E-state index contributed by atoms with van der Waals surface area (Å²) in [6.45, 7) is 1.33. The Hall–Kier alpha value is -4.08.